The molecular weight excluding hydrogens is 410 g/mol. The Bertz CT molecular complexity index is 735. The summed E-state index contributed by atoms with van der Waals surface area (Å²) >= 11 is 0. The van der Waals surface area contributed by atoms with Crippen molar-refractivity contribution in [1.29, 1.82) is 0 Å². The molecule has 1 saturated heterocycles. The van der Waals surface area contributed by atoms with Crippen molar-refractivity contribution in [3.8, 4) is 11.5 Å². The highest BCUT2D eigenvalue weighted by Gasteiger charge is 2.24. The van der Waals surface area contributed by atoms with E-state index in [0.29, 0.717) is 37.2 Å². The van der Waals surface area contributed by atoms with Crippen LogP contribution in [0.3, 0.4) is 0 Å². The van der Waals surface area contributed by atoms with Gasteiger partial charge in [-0.1, -0.05) is 19.4 Å². The number of methoxy groups -OCH3 is 2. The highest BCUT2D eigenvalue weighted by Crippen LogP contribution is 2.32. The summed E-state index contributed by atoms with van der Waals surface area (Å²) in [6.07, 6.45) is 2.11. The Morgan fingerprint density at radius 1 is 1.19 bits per heavy atom. The maximum Gasteiger partial charge on any atom is 0.243 e. The zero-order chi connectivity index (χ0) is 23.3. The standard InChI is InChI=1S/C23H39N5O4/c1-6-7-10-24-23(26-17-22(29)27(2)3)25-16-19(28-11-13-32-14-12-28)18-8-9-20(30-4)21(15-18)31-5/h8-9,15,19H,6-7,10-14,16-17H2,1-5H3,(H2,24,25,26). The van der Waals surface area contributed by atoms with E-state index in [9.17, 15) is 4.79 Å². The van der Waals surface area contributed by atoms with Crippen LogP contribution in [-0.4, -0.2) is 95.9 Å². The number of carbonyl (C=O) groups excluding carboxylic acids is 1. The molecule has 32 heavy (non-hydrogen) atoms. The number of hydrogen-bond donors (Lipinski definition) is 2. The Morgan fingerprint density at radius 2 is 1.91 bits per heavy atom. The SMILES string of the molecule is CCCCNC(=NCC(=O)N(C)C)NCC(c1ccc(OC)c(OC)c1)N1CCOCC1. The van der Waals surface area contributed by atoms with Gasteiger partial charge in [-0.3, -0.25) is 9.69 Å². The number of carbonyl (C=O) groups is 1. The van der Waals surface area contributed by atoms with E-state index in [1.54, 1.807) is 33.2 Å². The van der Waals surface area contributed by atoms with Crippen LogP contribution in [0.15, 0.2) is 23.2 Å². The molecule has 1 aliphatic heterocycles. The monoisotopic (exact) mass is 449 g/mol. The molecule has 0 bridgehead atoms. The lowest BCUT2D eigenvalue weighted by Gasteiger charge is -2.35. The molecule has 1 amide bonds. The molecule has 1 fully saturated rings. The van der Waals surface area contributed by atoms with Gasteiger partial charge in [0.25, 0.3) is 0 Å². The summed E-state index contributed by atoms with van der Waals surface area (Å²) in [6, 6.07) is 6.12. The second-order valence-corrected chi connectivity index (χ2v) is 7.89. The molecule has 0 saturated carbocycles. The molecule has 1 unspecified atom stereocenters. The highest BCUT2D eigenvalue weighted by molar-refractivity contribution is 5.84. The van der Waals surface area contributed by atoms with Gasteiger partial charge in [-0.05, 0) is 24.1 Å². The number of nitrogens with one attached hydrogen (secondary N) is 2. The van der Waals surface area contributed by atoms with Crippen LogP contribution in [0.1, 0.15) is 31.4 Å². The Hall–Kier alpha value is -2.52. The van der Waals surface area contributed by atoms with Crippen molar-refractivity contribution in [3.05, 3.63) is 23.8 Å². The first kappa shape index (κ1) is 25.7. The Kier molecular flexibility index (Phi) is 11.1. The molecule has 0 aromatic heterocycles. The minimum Gasteiger partial charge on any atom is -0.493 e. The van der Waals surface area contributed by atoms with E-state index in [-0.39, 0.29) is 18.5 Å². The molecule has 1 aromatic carbocycles. The molecule has 1 atom stereocenters. The summed E-state index contributed by atoms with van der Waals surface area (Å²) in [6.45, 7) is 6.78. The summed E-state index contributed by atoms with van der Waals surface area (Å²) in [5.74, 6) is 2.02. The number of nitrogens with zero attached hydrogens (tertiary/aromatic N) is 3. The van der Waals surface area contributed by atoms with Crippen molar-refractivity contribution >= 4 is 11.9 Å². The van der Waals surface area contributed by atoms with Crippen LogP contribution in [0.5, 0.6) is 11.5 Å². The maximum atomic E-state index is 12.0. The van der Waals surface area contributed by atoms with Gasteiger partial charge < -0.3 is 29.7 Å². The predicted molar refractivity (Wildman–Crippen MR) is 127 cm³/mol. The third-order valence-corrected chi connectivity index (χ3v) is 5.44. The van der Waals surface area contributed by atoms with Crippen molar-refractivity contribution in [3.63, 3.8) is 0 Å². The number of unbranched alkanes of at least 4 members (excludes halogenated alkanes) is 1. The largest absolute Gasteiger partial charge is 0.493 e. The van der Waals surface area contributed by atoms with E-state index in [4.69, 9.17) is 14.2 Å². The number of aliphatic imine (C=N–C) groups is 1. The van der Waals surface area contributed by atoms with Crippen molar-refractivity contribution in [2.75, 3.05) is 74.3 Å². The van der Waals surface area contributed by atoms with Crippen LogP contribution in [0, 0.1) is 0 Å². The molecule has 9 nitrogen and oxygen atoms in total. The number of likely N-dealkylation sites (N-methyl/N-ethyl adjacent to an activating group) is 1. The summed E-state index contributed by atoms with van der Waals surface area (Å²) in [4.78, 5) is 20.5. The van der Waals surface area contributed by atoms with E-state index < -0.39 is 0 Å². The van der Waals surface area contributed by atoms with Crippen molar-refractivity contribution in [2.45, 2.75) is 25.8 Å². The van der Waals surface area contributed by atoms with Crippen LogP contribution in [0.2, 0.25) is 0 Å². The van der Waals surface area contributed by atoms with Crippen molar-refractivity contribution in [1.82, 2.24) is 20.4 Å². The number of amides is 1. The van der Waals surface area contributed by atoms with Crippen molar-refractivity contribution in [2.24, 2.45) is 4.99 Å². The topological polar surface area (TPSA) is 87.7 Å². The first-order valence-electron chi connectivity index (χ1n) is 11.3. The highest BCUT2D eigenvalue weighted by atomic mass is 16.5. The average molecular weight is 450 g/mol. The molecule has 2 rings (SSSR count). The zero-order valence-corrected chi connectivity index (χ0v) is 20.1. The molecule has 9 heteroatoms. The second-order valence-electron chi connectivity index (χ2n) is 7.89. The van der Waals surface area contributed by atoms with Gasteiger partial charge in [-0.15, -0.1) is 0 Å². The van der Waals surface area contributed by atoms with Gasteiger partial charge in [0.05, 0.1) is 33.5 Å². The van der Waals surface area contributed by atoms with Crippen LogP contribution < -0.4 is 20.1 Å². The molecule has 1 aromatic rings. The zero-order valence-electron chi connectivity index (χ0n) is 20.1. The predicted octanol–water partition coefficient (Wildman–Crippen LogP) is 1.50. The van der Waals surface area contributed by atoms with E-state index >= 15 is 0 Å². The van der Waals surface area contributed by atoms with Gasteiger partial charge in [0.1, 0.15) is 6.54 Å². The fraction of sp³-hybridized carbons (Fsp3) is 0.652. The quantitative estimate of drug-likeness (QED) is 0.301. The van der Waals surface area contributed by atoms with E-state index in [2.05, 4.69) is 33.5 Å². The Balaban J connectivity index is 2.20. The van der Waals surface area contributed by atoms with E-state index in [0.717, 1.165) is 38.0 Å². The lowest BCUT2D eigenvalue weighted by atomic mass is 10.0. The van der Waals surface area contributed by atoms with Gasteiger partial charge in [0, 0.05) is 40.3 Å². The Morgan fingerprint density at radius 3 is 2.53 bits per heavy atom. The number of ether oxygens (including phenoxy) is 3. The summed E-state index contributed by atoms with van der Waals surface area (Å²) in [7, 11) is 6.76. The number of rotatable bonds is 11. The molecule has 0 radical (unpaired) electrons. The van der Waals surface area contributed by atoms with E-state index in [1.165, 1.54) is 0 Å². The number of hydrogen-bond acceptors (Lipinski definition) is 6. The number of guanidine groups is 1. The van der Waals surface area contributed by atoms with E-state index in [1.807, 2.05) is 12.1 Å². The summed E-state index contributed by atoms with van der Waals surface area (Å²) in [5.41, 5.74) is 1.12. The van der Waals surface area contributed by atoms with Gasteiger partial charge >= 0.3 is 0 Å². The smallest absolute Gasteiger partial charge is 0.243 e. The fourth-order valence-corrected chi connectivity index (χ4v) is 3.45. The molecule has 180 valence electrons. The van der Waals surface area contributed by atoms with Crippen LogP contribution in [0.25, 0.3) is 0 Å². The molecule has 2 N–H and O–H groups in total. The van der Waals surface area contributed by atoms with Gasteiger partial charge in [0.15, 0.2) is 17.5 Å². The Labute approximate surface area is 192 Å². The molecule has 1 heterocycles. The molecule has 0 aliphatic carbocycles. The number of benzene rings is 1. The molecular formula is C23H39N5O4. The first-order chi connectivity index (χ1) is 15.5. The van der Waals surface area contributed by atoms with Crippen molar-refractivity contribution < 1.29 is 19.0 Å². The molecule has 0 spiro atoms. The van der Waals surface area contributed by atoms with Gasteiger partial charge in [0.2, 0.25) is 5.91 Å². The third-order valence-electron chi connectivity index (χ3n) is 5.44. The minimum atomic E-state index is -0.0359. The summed E-state index contributed by atoms with van der Waals surface area (Å²) < 4.78 is 16.5. The third kappa shape index (κ3) is 7.87. The second kappa shape index (κ2) is 13.8. The lowest BCUT2D eigenvalue weighted by Crippen LogP contribution is -2.46. The van der Waals surface area contributed by atoms with Crippen LogP contribution >= 0.6 is 0 Å². The molecule has 1 aliphatic rings. The van der Waals surface area contributed by atoms with Gasteiger partial charge in [-0.2, -0.15) is 0 Å². The average Bonchev–Trinajstić information content (AvgIpc) is 2.82. The number of morpholine rings is 1. The minimum absolute atomic E-state index is 0.0359. The first-order valence-corrected chi connectivity index (χ1v) is 11.3. The fourth-order valence-electron chi connectivity index (χ4n) is 3.45. The van der Waals surface area contributed by atoms with Crippen LogP contribution in [0.4, 0.5) is 0 Å². The maximum absolute atomic E-state index is 12.0. The lowest BCUT2D eigenvalue weighted by molar-refractivity contribution is -0.127. The summed E-state index contributed by atoms with van der Waals surface area (Å²) in [5, 5.41) is 6.79. The van der Waals surface area contributed by atoms with Gasteiger partial charge in [-0.25, -0.2) is 4.99 Å². The normalized spacial score (nSPS) is 15.7. The van der Waals surface area contributed by atoms with Crippen LogP contribution in [-0.2, 0) is 9.53 Å².